The number of piperidine rings is 1. The molecular formula is C17H24N2O2. The maximum atomic E-state index is 12.8. The Balaban J connectivity index is 1.78. The lowest BCUT2D eigenvalue weighted by Crippen LogP contribution is -2.55. The third-order valence-corrected chi connectivity index (χ3v) is 4.90. The molecule has 1 aromatic rings. The number of hydrogen-bond acceptors (Lipinski definition) is 4. The minimum atomic E-state index is 0.137. The van der Waals surface area contributed by atoms with Gasteiger partial charge in [-0.3, -0.25) is 9.69 Å². The van der Waals surface area contributed by atoms with E-state index in [0.717, 1.165) is 37.3 Å². The average Bonchev–Trinajstić information content (AvgIpc) is 2.46. The zero-order valence-electron chi connectivity index (χ0n) is 13.1. The van der Waals surface area contributed by atoms with E-state index in [4.69, 9.17) is 4.74 Å². The van der Waals surface area contributed by atoms with Crippen molar-refractivity contribution in [2.24, 2.45) is 5.92 Å². The number of carbonyl (C=O) groups excluding carboxylic acids is 1. The predicted molar refractivity (Wildman–Crippen MR) is 84.0 cm³/mol. The number of ether oxygens (including phenoxy) is 1. The summed E-state index contributed by atoms with van der Waals surface area (Å²) in [4.78, 5) is 17.3. The van der Waals surface area contributed by atoms with Crippen LogP contribution < -0.4 is 4.90 Å². The van der Waals surface area contributed by atoms with Crippen LogP contribution >= 0.6 is 0 Å². The molecule has 2 atom stereocenters. The van der Waals surface area contributed by atoms with Gasteiger partial charge in [0.1, 0.15) is 0 Å². The summed E-state index contributed by atoms with van der Waals surface area (Å²) < 4.78 is 5.63. The third kappa shape index (κ3) is 2.83. The van der Waals surface area contributed by atoms with Crippen molar-refractivity contribution < 1.29 is 9.53 Å². The lowest BCUT2D eigenvalue weighted by atomic mass is 9.81. The summed E-state index contributed by atoms with van der Waals surface area (Å²) in [7, 11) is 6.16. The highest BCUT2D eigenvalue weighted by Crippen LogP contribution is 2.32. The van der Waals surface area contributed by atoms with E-state index >= 15 is 0 Å². The number of benzene rings is 1. The standard InChI is InChI=1S/C17H24N2O2/c1-18(2)14-6-4-5-12(7-14)17(20)13-8-15-10-21-11-16(9-13)19(15)3/h4-7,13,15-16H,8-11H2,1-3H3. The van der Waals surface area contributed by atoms with Crippen LogP contribution in [0.3, 0.4) is 0 Å². The molecule has 0 aliphatic carbocycles. The van der Waals surface area contributed by atoms with Crippen molar-refractivity contribution in [1.29, 1.82) is 0 Å². The summed E-state index contributed by atoms with van der Waals surface area (Å²) in [5, 5.41) is 0. The van der Waals surface area contributed by atoms with Crippen LogP contribution in [0.4, 0.5) is 5.69 Å². The van der Waals surface area contributed by atoms with E-state index in [0.29, 0.717) is 17.9 Å². The summed E-state index contributed by atoms with van der Waals surface area (Å²) >= 11 is 0. The lowest BCUT2D eigenvalue weighted by Gasteiger charge is -2.46. The molecule has 114 valence electrons. The van der Waals surface area contributed by atoms with Crippen LogP contribution in [0.15, 0.2) is 24.3 Å². The van der Waals surface area contributed by atoms with Crippen LogP contribution in [0.1, 0.15) is 23.2 Å². The van der Waals surface area contributed by atoms with Gasteiger partial charge in [-0.15, -0.1) is 0 Å². The Labute approximate surface area is 126 Å². The summed E-state index contributed by atoms with van der Waals surface area (Å²) in [5.74, 6) is 0.432. The first-order valence-corrected chi connectivity index (χ1v) is 7.67. The van der Waals surface area contributed by atoms with Crippen molar-refractivity contribution in [3.63, 3.8) is 0 Å². The van der Waals surface area contributed by atoms with Gasteiger partial charge in [-0.2, -0.15) is 0 Å². The van der Waals surface area contributed by atoms with Gasteiger partial charge in [-0.25, -0.2) is 0 Å². The Bertz CT molecular complexity index is 515. The molecule has 2 heterocycles. The summed E-state index contributed by atoms with van der Waals surface area (Å²) in [5.41, 5.74) is 1.92. The molecule has 2 fully saturated rings. The normalized spacial score (nSPS) is 29.2. The van der Waals surface area contributed by atoms with Crippen LogP contribution in [0.5, 0.6) is 0 Å². The monoisotopic (exact) mass is 288 g/mol. The van der Waals surface area contributed by atoms with E-state index in [1.165, 1.54) is 0 Å². The second-order valence-corrected chi connectivity index (χ2v) is 6.49. The van der Waals surface area contributed by atoms with Gasteiger partial charge < -0.3 is 9.64 Å². The number of fused-ring (bicyclic) bond motifs is 2. The van der Waals surface area contributed by atoms with Crippen LogP contribution in [0.25, 0.3) is 0 Å². The lowest BCUT2D eigenvalue weighted by molar-refractivity contribution is -0.0702. The highest BCUT2D eigenvalue weighted by Gasteiger charge is 2.39. The number of anilines is 1. The number of morpholine rings is 1. The summed E-state index contributed by atoms with van der Waals surface area (Å²) in [6, 6.07) is 8.74. The Morgan fingerprint density at radius 3 is 2.52 bits per heavy atom. The molecule has 2 aliphatic heterocycles. The van der Waals surface area contributed by atoms with Crippen molar-refractivity contribution in [3.8, 4) is 0 Å². The van der Waals surface area contributed by atoms with Crippen LogP contribution in [0.2, 0.25) is 0 Å². The molecule has 0 N–H and O–H groups in total. The van der Waals surface area contributed by atoms with Crippen molar-refractivity contribution >= 4 is 11.5 Å². The van der Waals surface area contributed by atoms with Gasteiger partial charge in [0.25, 0.3) is 0 Å². The van der Waals surface area contributed by atoms with Crippen molar-refractivity contribution in [2.75, 3.05) is 39.3 Å². The molecule has 2 bridgehead atoms. The molecule has 0 saturated carbocycles. The Kier molecular flexibility index (Phi) is 4.00. The molecule has 21 heavy (non-hydrogen) atoms. The Morgan fingerprint density at radius 1 is 1.24 bits per heavy atom. The van der Waals surface area contributed by atoms with E-state index in [-0.39, 0.29) is 5.92 Å². The van der Waals surface area contributed by atoms with Crippen LogP contribution in [0, 0.1) is 5.92 Å². The van der Waals surface area contributed by atoms with E-state index < -0.39 is 0 Å². The molecule has 0 radical (unpaired) electrons. The fourth-order valence-corrected chi connectivity index (χ4v) is 3.48. The fraction of sp³-hybridized carbons (Fsp3) is 0.588. The van der Waals surface area contributed by atoms with Gasteiger partial charge in [-0.1, -0.05) is 12.1 Å². The zero-order chi connectivity index (χ0) is 15.0. The Hall–Kier alpha value is -1.39. The summed E-state index contributed by atoms with van der Waals surface area (Å²) in [6.45, 7) is 1.52. The van der Waals surface area contributed by atoms with Crippen molar-refractivity contribution in [1.82, 2.24) is 4.90 Å². The van der Waals surface area contributed by atoms with E-state index in [1.807, 2.05) is 43.3 Å². The minimum absolute atomic E-state index is 0.137. The third-order valence-electron chi connectivity index (χ3n) is 4.90. The van der Waals surface area contributed by atoms with Gasteiger partial charge in [0, 0.05) is 43.3 Å². The molecule has 0 amide bonds. The zero-order valence-corrected chi connectivity index (χ0v) is 13.1. The molecule has 0 spiro atoms. The van der Waals surface area contributed by atoms with Gasteiger partial charge in [-0.05, 0) is 32.0 Å². The second kappa shape index (κ2) is 5.78. The summed E-state index contributed by atoms with van der Waals surface area (Å²) in [6.07, 6.45) is 1.83. The number of hydrogen-bond donors (Lipinski definition) is 0. The maximum Gasteiger partial charge on any atom is 0.166 e. The highest BCUT2D eigenvalue weighted by molar-refractivity contribution is 5.98. The largest absolute Gasteiger partial charge is 0.378 e. The van der Waals surface area contributed by atoms with Gasteiger partial charge in [0.05, 0.1) is 13.2 Å². The van der Waals surface area contributed by atoms with E-state index in [1.54, 1.807) is 0 Å². The van der Waals surface area contributed by atoms with E-state index in [9.17, 15) is 4.79 Å². The molecule has 2 unspecified atom stereocenters. The number of nitrogens with zero attached hydrogens (tertiary/aromatic N) is 2. The molecule has 4 nitrogen and oxygen atoms in total. The molecular weight excluding hydrogens is 264 g/mol. The average molecular weight is 288 g/mol. The molecule has 3 rings (SSSR count). The Morgan fingerprint density at radius 2 is 1.90 bits per heavy atom. The highest BCUT2D eigenvalue weighted by atomic mass is 16.5. The van der Waals surface area contributed by atoms with Crippen LogP contribution in [-0.4, -0.2) is 57.1 Å². The van der Waals surface area contributed by atoms with Crippen LogP contribution in [-0.2, 0) is 4.74 Å². The fourth-order valence-electron chi connectivity index (χ4n) is 3.48. The number of likely N-dealkylation sites (N-methyl/N-ethyl adjacent to an activating group) is 1. The second-order valence-electron chi connectivity index (χ2n) is 6.49. The van der Waals surface area contributed by atoms with Gasteiger partial charge in [0.2, 0.25) is 0 Å². The first-order valence-electron chi connectivity index (χ1n) is 7.67. The number of Topliss-reactive ketones (excluding diaryl/α,β-unsaturated/α-hetero) is 1. The van der Waals surface area contributed by atoms with Gasteiger partial charge >= 0.3 is 0 Å². The van der Waals surface area contributed by atoms with E-state index in [2.05, 4.69) is 11.9 Å². The number of carbonyl (C=O) groups is 1. The number of ketones is 1. The molecule has 0 aromatic heterocycles. The first-order chi connectivity index (χ1) is 10.1. The molecule has 2 saturated heterocycles. The SMILES string of the molecule is CN(C)c1cccc(C(=O)C2CC3COCC(C2)N3C)c1. The molecule has 1 aromatic carbocycles. The quantitative estimate of drug-likeness (QED) is 0.797. The van der Waals surface area contributed by atoms with Crippen molar-refractivity contribution in [2.45, 2.75) is 24.9 Å². The smallest absolute Gasteiger partial charge is 0.166 e. The topological polar surface area (TPSA) is 32.8 Å². The minimum Gasteiger partial charge on any atom is -0.378 e. The van der Waals surface area contributed by atoms with Gasteiger partial charge in [0.15, 0.2) is 5.78 Å². The first kappa shape index (κ1) is 14.5. The predicted octanol–water partition coefficient (Wildman–Crippen LogP) is 2.04. The molecule has 4 heteroatoms. The number of rotatable bonds is 3. The maximum absolute atomic E-state index is 12.8. The van der Waals surface area contributed by atoms with Crippen molar-refractivity contribution in [3.05, 3.63) is 29.8 Å². The molecule has 2 aliphatic rings.